The number of hydrogen-bond donors (Lipinski definition) is 0. The third kappa shape index (κ3) is 3.47. The number of rotatable bonds is 0. The predicted octanol–water partition coefficient (Wildman–Crippen LogP) is 1.96. The molecule has 1 aliphatic heterocycles. The monoisotopic (exact) mass is 141 g/mol. The maximum atomic E-state index is 8.39. The largest absolute Gasteiger partial charge is 0.381 e. The van der Waals surface area contributed by atoms with Gasteiger partial charge in [0.25, 0.3) is 0 Å². The molecule has 2 nitrogen and oxygen atoms in total. The molecule has 0 aromatic carbocycles. The second-order valence-corrected chi connectivity index (χ2v) is 2.02. The SMILES string of the molecule is CC.N#CC1CCOCC1. The molecule has 0 radical (unpaired) electrons. The highest BCUT2D eigenvalue weighted by atomic mass is 16.5. The van der Waals surface area contributed by atoms with Gasteiger partial charge in [-0.05, 0) is 12.8 Å². The van der Waals surface area contributed by atoms with E-state index in [4.69, 9.17) is 10.00 Å². The van der Waals surface area contributed by atoms with Crippen LogP contribution in [0.25, 0.3) is 0 Å². The number of ether oxygens (including phenoxy) is 1. The van der Waals surface area contributed by atoms with Crippen molar-refractivity contribution in [2.45, 2.75) is 26.7 Å². The van der Waals surface area contributed by atoms with Crippen molar-refractivity contribution in [3.63, 3.8) is 0 Å². The second kappa shape index (κ2) is 6.57. The Morgan fingerprint density at radius 2 is 1.80 bits per heavy atom. The van der Waals surface area contributed by atoms with Gasteiger partial charge in [0.05, 0.1) is 12.0 Å². The van der Waals surface area contributed by atoms with Crippen molar-refractivity contribution < 1.29 is 4.74 Å². The van der Waals surface area contributed by atoms with E-state index in [1.54, 1.807) is 0 Å². The molecule has 1 aliphatic rings. The molecule has 0 unspecified atom stereocenters. The average molecular weight is 141 g/mol. The highest BCUT2D eigenvalue weighted by molar-refractivity contribution is 4.83. The van der Waals surface area contributed by atoms with Gasteiger partial charge in [-0.25, -0.2) is 0 Å². The minimum atomic E-state index is 0.267. The Balaban J connectivity index is 0.000000371. The van der Waals surface area contributed by atoms with Crippen LogP contribution in [0.5, 0.6) is 0 Å². The van der Waals surface area contributed by atoms with Gasteiger partial charge >= 0.3 is 0 Å². The van der Waals surface area contributed by atoms with Crippen molar-refractivity contribution in [2.24, 2.45) is 5.92 Å². The topological polar surface area (TPSA) is 33.0 Å². The van der Waals surface area contributed by atoms with Gasteiger partial charge in [-0.1, -0.05) is 13.8 Å². The van der Waals surface area contributed by atoms with Gasteiger partial charge in [-0.15, -0.1) is 0 Å². The maximum absolute atomic E-state index is 8.39. The molecule has 58 valence electrons. The normalized spacial score (nSPS) is 18.5. The molecule has 0 spiro atoms. The van der Waals surface area contributed by atoms with Crippen LogP contribution < -0.4 is 0 Å². The maximum Gasteiger partial charge on any atom is 0.0657 e. The van der Waals surface area contributed by atoms with Crippen LogP contribution in [0.3, 0.4) is 0 Å². The molecule has 0 aromatic rings. The third-order valence-electron chi connectivity index (χ3n) is 1.40. The average Bonchev–Trinajstić information content (AvgIpc) is 2.10. The molecular weight excluding hydrogens is 126 g/mol. The van der Waals surface area contributed by atoms with Gasteiger partial charge in [0.2, 0.25) is 0 Å². The summed E-state index contributed by atoms with van der Waals surface area (Å²) in [5.74, 6) is 0.267. The van der Waals surface area contributed by atoms with Crippen LogP contribution in [0.2, 0.25) is 0 Å². The molecule has 1 rings (SSSR count). The first kappa shape index (κ1) is 9.45. The van der Waals surface area contributed by atoms with Gasteiger partial charge in [-0.3, -0.25) is 0 Å². The summed E-state index contributed by atoms with van der Waals surface area (Å²) in [7, 11) is 0. The van der Waals surface area contributed by atoms with Crippen LogP contribution >= 0.6 is 0 Å². The lowest BCUT2D eigenvalue weighted by molar-refractivity contribution is 0.0802. The minimum absolute atomic E-state index is 0.267. The van der Waals surface area contributed by atoms with E-state index in [9.17, 15) is 0 Å². The van der Waals surface area contributed by atoms with Gasteiger partial charge in [0.15, 0.2) is 0 Å². The zero-order valence-electron chi connectivity index (χ0n) is 6.76. The summed E-state index contributed by atoms with van der Waals surface area (Å²) in [6.45, 7) is 5.55. The smallest absolute Gasteiger partial charge is 0.0657 e. The number of nitrogens with zero attached hydrogens (tertiary/aromatic N) is 1. The third-order valence-corrected chi connectivity index (χ3v) is 1.40. The number of hydrogen-bond acceptors (Lipinski definition) is 2. The highest BCUT2D eigenvalue weighted by Gasteiger charge is 2.11. The molecular formula is C8H15NO. The van der Waals surface area contributed by atoms with Crippen LogP contribution in [0.15, 0.2) is 0 Å². The summed E-state index contributed by atoms with van der Waals surface area (Å²) in [5, 5.41) is 8.39. The minimum Gasteiger partial charge on any atom is -0.381 e. The Morgan fingerprint density at radius 3 is 2.10 bits per heavy atom. The molecule has 10 heavy (non-hydrogen) atoms. The fourth-order valence-electron chi connectivity index (χ4n) is 0.827. The standard InChI is InChI=1S/C6H9NO.C2H6/c7-5-6-1-3-8-4-2-6;1-2/h6H,1-4H2;1-2H3. The fraction of sp³-hybridized carbons (Fsp3) is 0.875. The van der Waals surface area contributed by atoms with Crippen molar-refractivity contribution in [1.29, 1.82) is 5.26 Å². The Kier molecular flexibility index (Phi) is 6.21. The lowest BCUT2D eigenvalue weighted by Gasteiger charge is -2.14. The molecule has 2 heteroatoms. The predicted molar refractivity (Wildman–Crippen MR) is 40.5 cm³/mol. The molecule has 0 atom stereocenters. The lowest BCUT2D eigenvalue weighted by Crippen LogP contribution is -2.13. The highest BCUT2D eigenvalue weighted by Crippen LogP contribution is 2.11. The van der Waals surface area contributed by atoms with E-state index in [1.807, 2.05) is 13.8 Å². The molecule has 0 N–H and O–H groups in total. The van der Waals surface area contributed by atoms with Crippen LogP contribution in [-0.4, -0.2) is 13.2 Å². The lowest BCUT2D eigenvalue weighted by atomic mass is 10.0. The summed E-state index contributed by atoms with van der Waals surface area (Å²) in [6, 6.07) is 2.22. The van der Waals surface area contributed by atoms with Gasteiger partial charge in [0.1, 0.15) is 0 Å². The van der Waals surface area contributed by atoms with E-state index in [-0.39, 0.29) is 5.92 Å². The summed E-state index contributed by atoms with van der Waals surface area (Å²) in [6.07, 6.45) is 1.85. The van der Waals surface area contributed by atoms with Crippen LogP contribution in [-0.2, 0) is 4.74 Å². The Labute approximate surface area is 62.8 Å². The van der Waals surface area contributed by atoms with E-state index >= 15 is 0 Å². The zero-order valence-corrected chi connectivity index (χ0v) is 6.76. The molecule has 1 saturated heterocycles. The van der Waals surface area contributed by atoms with Crippen LogP contribution in [0.4, 0.5) is 0 Å². The molecule has 1 fully saturated rings. The Hall–Kier alpha value is -0.550. The Morgan fingerprint density at radius 1 is 1.30 bits per heavy atom. The van der Waals surface area contributed by atoms with E-state index in [0.717, 1.165) is 26.1 Å². The molecule has 0 saturated carbocycles. The van der Waals surface area contributed by atoms with E-state index in [1.165, 1.54) is 0 Å². The van der Waals surface area contributed by atoms with Crippen molar-refractivity contribution in [2.75, 3.05) is 13.2 Å². The second-order valence-electron chi connectivity index (χ2n) is 2.02. The van der Waals surface area contributed by atoms with Gasteiger partial charge in [0, 0.05) is 13.2 Å². The van der Waals surface area contributed by atoms with E-state index in [2.05, 4.69) is 6.07 Å². The zero-order chi connectivity index (χ0) is 7.82. The van der Waals surface area contributed by atoms with E-state index < -0.39 is 0 Å². The summed E-state index contributed by atoms with van der Waals surface area (Å²) < 4.78 is 5.05. The molecule has 0 amide bonds. The first-order chi connectivity index (χ1) is 4.93. The first-order valence-corrected chi connectivity index (χ1v) is 3.91. The number of nitriles is 1. The Bertz CT molecular complexity index is 100. The molecule has 1 heterocycles. The van der Waals surface area contributed by atoms with Crippen molar-refractivity contribution in [3.8, 4) is 6.07 Å². The van der Waals surface area contributed by atoms with Crippen molar-refractivity contribution in [1.82, 2.24) is 0 Å². The summed E-state index contributed by atoms with van der Waals surface area (Å²) >= 11 is 0. The summed E-state index contributed by atoms with van der Waals surface area (Å²) in [5.41, 5.74) is 0. The van der Waals surface area contributed by atoms with Gasteiger partial charge in [-0.2, -0.15) is 5.26 Å². The van der Waals surface area contributed by atoms with E-state index in [0.29, 0.717) is 0 Å². The fourth-order valence-corrected chi connectivity index (χ4v) is 0.827. The summed E-state index contributed by atoms with van der Waals surface area (Å²) in [4.78, 5) is 0. The quantitative estimate of drug-likeness (QED) is 0.516. The van der Waals surface area contributed by atoms with Crippen LogP contribution in [0.1, 0.15) is 26.7 Å². The first-order valence-electron chi connectivity index (χ1n) is 3.91. The molecule has 0 bridgehead atoms. The van der Waals surface area contributed by atoms with Crippen molar-refractivity contribution in [3.05, 3.63) is 0 Å². The molecule has 0 aromatic heterocycles. The molecule has 0 aliphatic carbocycles. The van der Waals surface area contributed by atoms with Gasteiger partial charge < -0.3 is 4.74 Å². The van der Waals surface area contributed by atoms with Crippen LogP contribution in [0, 0.1) is 17.2 Å². The van der Waals surface area contributed by atoms with Crippen molar-refractivity contribution >= 4 is 0 Å².